The molecule has 1 amide bonds. The maximum absolute atomic E-state index is 11.7. The summed E-state index contributed by atoms with van der Waals surface area (Å²) in [6.45, 7) is 1.49. The molecule has 0 saturated heterocycles. The average Bonchev–Trinajstić information content (AvgIpc) is 2.35. The van der Waals surface area contributed by atoms with E-state index in [1.165, 1.54) is 12.1 Å². The van der Waals surface area contributed by atoms with Crippen molar-refractivity contribution in [2.75, 3.05) is 26.3 Å². The summed E-state index contributed by atoms with van der Waals surface area (Å²) >= 11 is 5.74. The lowest BCUT2D eigenvalue weighted by atomic mass is 10.2. The van der Waals surface area contributed by atoms with E-state index in [9.17, 15) is 15.0 Å². The zero-order valence-corrected chi connectivity index (χ0v) is 10.4. The number of ether oxygens (including phenoxy) is 1. The lowest BCUT2D eigenvalue weighted by molar-refractivity contribution is 0.0919. The fourth-order valence-corrected chi connectivity index (χ4v) is 1.49. The monoisotopic (exact) mass is 274 g/mol. The molecule has 0 aliphatic carbocycles. The number of amides is 1. The number of aromatic hydroxyl groups is 2. The van der Waals surface area contributed by atoms with Crippen LogP contribution >= 0.6 is 11.6 Å². The summed E-state index contributed by atoms with van der Waals surface area (Å²) in [6.07, 6.45) is 0. The second kappa shape index (κ2) is 7.05. The Morgan fingerprint density at radius 1 is 1.39 bits per heavy atom. The van der Waals surface area contributed by atoms with Crippen LogP contribution in [-0.2, 0) is 4.74 Å². The predicted molar refractivity (Wildman–Crippen MR) is 67.0 cm³/mol. The van der Waals surface area contributed by atoms with E-state index in [4.69, 9.17) is 22.1 Å². The maximum Gasteiger partial charge on any atom is 0.253 e. The summed E-state index contributed by atoms with van der Waals surface area (Å²) in [4.78, 5) is 11.7. The van der Waals surface area contributed by atoms with Gasteiger partial charge in [0.15, 0.2) is 11.5 Å². The summed E-state index contributed by atoms with van der Waals surface area (Å²) in [5, 5.41) is 20.9. The van der Waals surface area contributed by atoms with Gasteiger partial charge in [-0.1, -0.05) is 11.6 Å². The van der Waals surface area contributed by atoms with Crippen LogP contribution in [0.1, 0.15) is 10.4 Å². The van der Waals surface area contributed by atoms with E-state index in [-0.39, 0.29) is 16.3 Å². The fraction of sp³-hybridized carbons (Fsp3) is 0.364. The van der Waals surface area contributed by atoms with Gasteiger partial charge in [-0.3, -0.25) is 4.79 Å². The van der Waals surface area contributed by atoms with Gasteiger partial charge in [-0.25, -0.2) is 0 Å². The molecule has 0 atom stereocenters. The number of hydrogen-bond acceptors (Lipinski definition) is 5. The number of carbonyl (C=O) groups is 1. The number of carbonyl (C=O) groups excluding carboxylic acids is 1. The number of rotatable bonds is 6. The molecule has 0 unspecified atom stereocenters. The molecule has 7 heteroatoms. The maximum atomic E-state index is 11.7. The molecular formula is C11H15ClN2O4. The molecule has 0 fully saturated rings. The van der Waals surface area contributed by atoms with Crippen LogP contribution < -0.4 is 11.1 Å². The second-order valence-corrected chi connectivity index (χ2v) is 3.83. The molecule has 1 rings (SSSR count). The van der Waals surface area contributed by atoms with Crippen LogP contribution in [0, 0.1) is 0 Å². The molecular weight excluding hydrogens is 260 g/mol. The first-order valence-electron chi connectivity index (χ1n) is 5.34. The van der Waals surface area contributed by atoms with Gasteiger partial charge in [-0.2, -0.15) is 0 Å². The van der Waals surface area contributed by atoms with Crippen LogP contribution in [-0.4, -0.2) is 42.4 Å². The largest absolute Gasteiger partial charge is 0.504 e. The van der Waals surface area contributed by atoms with Gasteiger partial charge in [0.05, 0.1) is 23.8 Å². The highest BCUT2D eigenvalue weighted by molar-refractivity contribution is 6.35. The minimum absolute atomic E-state index is 0.0887. The zero-order chi connectivity index (χ0) is 13.5. The molecule has 0 bridgehead atoms. The lowest BCUT2D eigenvalue weighted by Gasteiger charge is -2.08. The number of hydrogen-bond donors (Lipinski definition) is 4. The quantitative estimate of drug-likeness (QED) is 0.445. The number of nitrogens with two attached hydrogens (primary N) is 1. The van der Waals surface area contributed by atoms with Crippen molar-refractivity contribution in [3.8, 4) is 11.5 Å². The Kier molecular flexibility index (Phi) is 5.70. The van der Waals surface area contributed by atoms with E-state index in [0.717, 1.165) is 0 Å². The average molecular weight is 275 g/mol. The van der Waals surface area contributed by atoms with Crippen LogP contribution in [0.3, 0.4) is 0 Å². The number of nitrogens with one attached hydrogen (secondary N) is 1. The first-order valence-corrected chi connectivity index (χ1v) is 5.72. The number of halogens is 1. The molecule has 0 radical (unpaired) electrons. The molecule has 0 saturated carbocycles. The van der Waals surface area contributed by atoms with Crippen LogP contribution in [0.25, 0.3) is 0 Å². The first kappa shape index (κ1) is 14.6. The summed E-state index contributed by atoms with van der Waals surface area (Å²) in [5.74, 6) is -1.34. The summed E-state index contributed by atoms with van der Waals surface area (Å²) in [5.41, 5.74) is 5.32. The summed E-state index contributed by atoms with van der Waals surface area (Å²) in [6, 6.07) is 2.52. The highest BCUT2D eigenvalue weighted by Crippen LogP contribution is 2.35. The molecule has 0 heterocycles. The van der Waals surface area contributed by atoms with E-state index in [0.29, 0.717) is 26.3 Å². The van der Waals surface area contributed by atoms with Gasteiger partial charge < -0.3 is 26.0 Å². The Balaban J connectivity index is 2.54. The van der Waals surface area contributed by atoms with Crippen LogP contribution in [0.15, 0.2) is 12.1 Å². The molecule has 1 aromatic rings. The Morgan fingerprint density at radius 3 is 2.78 bits per heavy atom. The van der Waals surface area contributed by atoms with Gasteiger partial charge in [0.2, 0.25) is 0 Å². The topological polar surface area (TPSA) is 105 Å². The van der Waals surface area contributed by atoms with Crippen LogP contribution in [0.5, 0.6) is 11.5 Å². The van der Waals surface area contributed by atoms with Crippen molar-refractivity contribution in [2.24, 2.45) is 5.73 Å². The van der Waals surface area contributed by atoms with E-state index in [2.05, 4.69) is 5.32 Å². The fourth-order valence-electron chi connectivity index (χ4n) is 1.25. The minimum Gasteiger partial charge on any atom is -0.504 e. The molecule has 6 nitrogen and oxygen atoms in total. The molecule has 0 aliphatic heterocycles. The van der Waals surface area contributed by atoms with Gasteiger partial charge in [0.25, 0.3) is 5.91 Å². The predicted octanol–water partition coefficient (Wildman–Crippen LogP) is 0.456. The summed E-state index contributed by atoms with van der Waals surface area (Å²) in [7, 11) is 0. The van der Waals surface area contributed by atoms with E-state index in [1.807, 2.05) is 0 Å². The standard InChI is InChI=1S/C11H15ClN2O4/c12-9-7(1-2-8(15)10(9)16)11(17)14-4-6-18-5-3-13/h1-2,15-16H,3-6,13H2,(H,14,17). The molecule has 100 valence electrons. The SMILES string of the molecule is NCCOCCNC(=O)c1ccc(O)c(O)c1Cl. The van der Waals surface area contributed by atoms with Gasteiger partial charge >= 0.3 is 0 Å². The third kappa shape index (κ3) is 3.76. The van der Waals surface area contributed by atoms with E-state index < -0.39 is 11.7 Å². The molecule has 5 N–H and O–H groups in total. The van der Waals surface area contributed by atoms with Gasteiger partial charge in [0.1, 0.15) is 0 Å². The highest BCUT2D eigenvalue weighted by Gasteiger charge is 2.15. The van der Waals surface area contributed by atoms with E-state index >= 15 is 0 Å². The lowest BCUT2D eigenvalue weighted by Crippen LogP contribution is -2.28. The van der Waals surface area contributed by atoms with Gasteiger partial charge in [-0.15, -0.1) is 0 Å². The third-order valence-electron chi connectivity index (χ3n) is 2.13. The summed E-state index contributed by atoms with van der Waals surface area (Å²) < 4.78 is 5.08. The third-order valence-corrected chi connectivity index (χ3v) is 2.52. The Hall–Kier alpha value is -1.50. The van der Waals surface area contributed by atoms with Crippen molar-refractivity contribution in [1.29, 1.82) is 0 Å². The van der Waals surface area contributed by atoms with Crippen molar-refractivity contribution >= 4 is 17.5 Å². The second-order valence-electron chi connectivity index (χ2n) is 3.45. The molecule has 18 heavy (non-hydrogen) atoms. The highest BCUT2D eigenvalue weighted by atomic mass is 35.5. The van der Waals surface area contributed by atoms with Crippen molar-refractivity contribution in [2.45, 2.75) is 0 Å². The van der Waals surface area contributed by atoms with Crippen LogP contribution in [0.2, 0.25) is 5.02 Å². The normalized spacial score (nSPS) is 10.3. The van der Waals surface area contributed by atoms with E-state index in [1.54, 1.807) is 0 Å². The Morgan fingerprint density at radius 2 is 2.11 bits per heavy atom. The number of phenolic OH excluding ortho intramolecular Hbond substituents is 2. The van der Waals surface area contributed by atoms with Crippen LogP contribution in [0.4, 0.5) is 0 Å². The van der Waals surface area contributed by atoms with Crippen molar-refractivity contribution < 1.29 is 19.7 Å². The molecule has 0 aliphatic rings. The Bertz CT molecular complexity index is 426. The van der Waals surface area contributed by atoms with Crippen molar-refractivity contribution in [3.05, 3.63) is 22.7 Å². The minimum atomic E-state index is -0.510. The molecule has 0 spiro atoms. The number of benzene rings is 1. The number of phenols is 2. The molecule has 1 aromatic carbocycles. The Labute approximate surface area is 109 Å². The first-order chi connectivity index (χ1) is 8.57. The zero-order valence-electron chi connectivity index (χ0n) is 9.65. The van der Waals surface area contributed by atoms with Crippen molar-refractivity contribution in [3.63, 3.8) is 0 Å². The van der Waals surface area contributed by atoms with Crippen molar-refractivity contribution in [1.82, 2.24) is 5.32 Å². The smallest absolute Gasteiger partial charge is 0.253 e. The molecule has 0 aromatic heterocycles. The van der Waals surface area contributed by atoms with Gasteiger partial charge in [-0.05, 0) is 12.1 Å². The van der Waals surface area contributed by atoms with Gasteiger partial charge in [0, 0.05) is 13.1 Å².